The zero-order valence-electron chi connectivity index (χ0n) is 11.0. The number of hydrogen-bond donors (Lipinski definition) is 1. The summed E-state index contributed by atoms with van der Waals surface area (Å²) in [6, 6.07) is 2.33. The van der Waals surface area contributed by atoms with Gasteiger partial charge in [0.05, 0.1) is 6.07 Å². The van der Waals surface area contributed by atoms with Crippen LogP contribution >= 0.6 is 0 Å². The summed E-state index contributed by atoms with van der Waals surface area (Å²) in [4.78, 5) is 4.63. The number of nitrogens with zero attached hydrogens (tertiary/aromatic N) is 3. The summed E-state index contributed by atoms with van der Waals surface area (Å²) in [5, 5.41) is 9.24. The fraction of sp³-hybridized carbons (Fsp3) is 0.923. The van der Waals surface area contributed by atoms with Gasteiger partial charge >= 0.3 is 0 Å². The lowest BCUT2D eigenvalue weighted by Gasteiger charge is -2.29. The Morgan fingerprint density at radius 2 is 2.18 bits per heavy atom. The van der Waals surface area contributed by atoms with Gasteiger partial charge in [-0.1, -0.05) is 0 Å². The van der Waals surface area contributed by atoms with Gasteiger partial charge in [-0.05, 0) is 51.7 Å². The van der Waals surface area contributed by atoms with Crippen LogP contribution in [-0.4, -0.2) is 55.6 Å². The first-order valence-electron chi connectivity index (χ1n) is 6.61. The molecule has 17 heavy (non-hydrogen) atoms. The van der Waals surface area contributed by atoms with Crippen molar-refractivity contribution in [2.75, 3.05) is 40.3 Å². The maximum absolute atomic E-state index is 9.24. The van der Waals surface area contributed by atoms with Crippen LogP contribution in [0.15, 0.2) is 0 Å². The van der Waals surface area contributed by atoms with Crippen molar-refractivity contribution in [2.24, 2.45) is 17.6 Å². The summed E-state index contributed by atoms with van der Waals surface area (Å²) >= 11 is 0. The third-order valence-corrected chi connectivity index (χ3v) is 4.10. The third-order valence-electron chi connectivity index (χ3n) is 4.10. The van der Waals surface area contributed by atoms with Crippen LogP contribution in [0.25, 0.3) is 0 Å². The van der Waals surface area contributed by atoms with Crippen molar-refractivity contribution in [3.8, 4) is 6.07 Å². The first-order valence-corrected chi connectivity index (χ1v) is 6.61. The molecule has 1 aliphatic carbocycles. The van der Waals surface area contributed by atoms with Crippen LogP contribution in [0, 0.1) is 23.2 Å². The molecular weight excluding hydrogens is 212 g/mol. The smallest absolute Gasteiger partial charge is 0.119 e. The minimum Gasteiger partial charge on any atom is -0.312 e. The highest BCUT2D eigenvalue weighted by Gasteiger charge is 2.43. The Bertz CT molecular complexity index is 307. The standard InChI is InChI=1S/C13H24N4/c1-16-6-5-11(7-16)8-17(2)10-13(15,9-14)12-3-4-12/h11-12H,3-8,10,15H2,1-2H3. The third kappa shape index (κ3) is 3.19. The molecule has 0 aromatic heterocycles. The van der Waals surface area contributed by atoms with Crippen LogP contribution in [-0.2, 0) is 0 Å². The van der Waals surface area contributed by atoms with Crippen molar-refractivity contribution < 1.29 is 0 Å². The monoisotopic (exact) mass is 236 g/mol. The van der Waals surface area contributed by atoms with E-state index in [1.807, 2.05) is 0 Å². The molecular formula is C13H24N4. The Balaban J connectivity index is 1.80. The molecule has 0 spiro atoms. The summed E-state index contributed by atoms with van der Waals surface area (Å²) < 4.78 is 0. The van der Waals surface area contributed by atoms with Gasteiger partial charge in [-0.3, -0.25) is 0 Å². The van der Waals surface area contributed by atoms with E-state index in [0.717, 1.165) is 25.3 Å². The number of rotatable bonds is 5. The molecule has 2 aliphatic rings. The van der Waals surface area contributed by atoms with Crippen LogP contribution < -0.4 is 5.73 Å². The van der Waals surface area contributed by atoms with Crippen LogP contribution in [0.1, 0.15) is 19.3 Å². The van der Waals surface area contributed by atoms with E-state index >= 15 is 0 Å². The SMILES string of the molecule is CN1CCC(CN(C)CC(N)(C#N)C2CC2)C1. The van der Waals surface area contributed by atoms with E-state index in [9.17, 15) is 5.26 Å². The van der Waals surface area contributed by atoms with Crippen LogP contribution in [0.2, 0.25) is 0 Å². The molecule has 1 saturated heterocycles. The Morgan fingerprint density at radius 1 is 1.47 bits per heavy atom. The van der Waals surface area contributed by atoms with E-state index in [4.69, 9.17) is 5.73 Å². The van der Waals surface area contributed by atoms with Gasteiger partial charge in [0.2, 0.25) is 0 Å². The molecule has 2 atom stereocenters. The van der Waals surface area contributed by atoms with Crippen molar-refractivity contribution in [1.82, 2.24) is 9.80 Å². The molecule has 1 heterocycles. The highest BCUT2D eigenvalue weighted by molar-refractivity contribution is 5.14. The number of hydrogen-bond acceptors (Lipinski definition) is 4. The first kappa shape index (κ1) is 12.8. The summed E-state index contributed by atoms with van der Waals surface area (Å²) in [6.45, 7) is 4.16. The normalized spacial score (nSPS) is 29.2. The largest absolute Gasteiger partial charge is 0.312 e. The minimum atomic E-state index is -0.612. The Kier molecular flexibility index (Phi) is 3.72. The molecule has 2 fully saturated rings. The molecule has 0 amide bonds. The van der Waals surface area contributed by atoms with Gasteiger partial charge in [-0.2, -0.15) is 5.26 Å². The molecule has 0 aromatic rings. The maximum atomic E-state index is 9.24. The van der Waals surface area contributed by atoms with E-state index in [2.05, 4.69) is 30.0 Å². The molecule has 0 bridgehead atoms. The number of nitrogens with two attached hydrogens (primary N) is 1. The second kappa shape index (κ2) is 4.93. The topological polar surface area (TPSA) is 56.3 Å². The summed E-state index contributed by atoms with van der Waals surface area (Å²) in [5.41, 5.74) is 5.58. The lowest BCUT2D eigenvalue weighted by atomic mass is 9.95. The average molecular weight is 236 g/mol. The van der Waals surface area contributed by atoms with Gasteiger partial charge < -0.3 is 15.5 Å². The van der Waals surface area contributed by atoms with E-state index in [1.54, 1.807) is 0 Å². The van der Waals surface area contributed by atoms with Crippen molar-refractivity contribution in [3.05, 3.63) is 0 Å². The average Bonchev–Trinajstić information content (AvgIpc) is 3.04. The van der Waals surface area contributed by atoms with Crippen molar-refractivity contribution in [1.29, 1.82) is 5.26 Å². The van der Waals surface area contributed by atoms with Crippen molar-refractivity contribution in [2.45, 2.75) is 24.8 Å². The van der Waals surface area contributed by atoms with Gasteiger partial charge in [0.1, 0.15) is 5.54 Å². The van der Waals surface area contributed by atoms with E-state index < -0.39 is 5.54 Å². The summed E-state index contributed by atoms with van der Waals surface area (Å²) in [7, 11) is 4.27. The second-order valence-electron chi connectivity index (χ2n) is 6.04. The van der Waals surface area contributed by atoms with E-state index in [0.29, 0.717) is 12.5 Å². The molecule has 1 aliphatic heterocycles. The summed E-state index contributed by atoms with van der Waals surface area (Å²) in [6.07, 6.45) is 3.53. The zero-order valence-corrected chi connectivity index (χ0v) is 11.0. The van der Waals surface area contributed by atoms with Gasteiger partial charge in [0.25, 0.3) is 0 Å². The van der Waals surface area contributed by atoms with E-state index in [1.165, 1.54) is 19.5 Å². The molecule has 0 radical (unpaired) electrons. The lowest BCUT2D eigenvalue weighted by Crippen LogP contribution is -2.50. The molecule has 2 rings (SSSR count). The molecule has 4 nitrogen and oxygen atoms in total. The zero-order chi connectivity index (χ0) is 12.5. The highest BCUT2D eigenvalue weighted by atomic mass is 15.2. The van der Waals surface area contributed by atoms with Gasteiger partial charge in [-0.25, -0.2) is 0 Å². The Labute approximate surface area is 104 Å². The lowest BCUT2D eigenvalue weighted by molar-refractivity contribution is 0.228. The second-order valence-corrected chi connectivity index (χ2v) is 6.04. The van der Waals surface area contributed by atoms with Crippen molar-refractivity contribution >= 4 is 0 Å². The fourth-order valence-electron chi connectivity index (χ4n) is 2.98. The first-order chi connectivity index (χ1) is 8.03. The summed E-state index contributed by atoms with van der Waals surface area (Å²) in [5.74, 6) is 1.17. The number of likely N-dealkylation sites (N-methyl/N-ethyl adjacent to an activating group) is 1. The quantitative estimate of drug-likeness (QED) is 0.755. The predicted octanol–water partition coefficient (Wildman–Crippen LogP) is 0.501. The van der Waals surface area contributed by atoms with Crippen LogP contribution in [0.5, 0.6) is 0 Å². The Morgan fingerprint density at radius 3 is 2.65 bits per heavy atom. The van der Waals surface area contributed by atoms with Crippen molar-refractivity contribution in [3.63, 3.8) is 0 Å². The minimum absolute atomic E-state index is 0.432. The van der Waals surface area contributed by atoms with Crippen LogP contribution in [0.3, 0.4) is 0 Å². The molecule has 2 N–H and O–H groups in total. The fourth-order valence-corrected chi connectivity index (χ4v) is 2.98. The van der Waals surface area contributed by atoms with Gasteiger partial charge in [-0.15, -0.1) is 0 Å². The molecule has 0 aromatic carbocycles. The number of likely N-dealkylation sites (tertiary alicyclic amines) is 1. The highest BCUT2D eigenvalue weighted by Crippen LogP contribution is 2.38. The molecule has 96 valence electrons. The maximum Gasteiger partial charge on any atom is 0.119 e. The predicted molar refractivity (Wildman–Crippen MR) is 68.4 cm³/mol. The molecule has 2 unspecified atom stereocenters. The van der Waals surface area contributed by atoms with Gasteiger partial charge in [0.15, 0.2) is 0 Å². The Hall–Kier alpha value is -0.630. The van der Waals surface area contributed by atoms with Gasteiger partial charge in [0, 0.05) is 19.6 Å². The number of nitriles is 1. The van der Waals surface area contributed by atoms with Crippen LogP contribution in [0.4, 0.5) is 0 Å². The molecule has 4 heteroatoms. The van der Waals surface area contributed by atoms with E-state index in [-0.39, 0.29) is 0 Å². The molecule has 1 saturated carbocycles.